The summed E-state index contributed by atoms with van der Waals surface area (Å²) in [4.78, 5) is 30.0. The van der Waals surface area contributed by atoms with Crippen LogP contribution in [0.15, 0.2) is 182 Å². The van der Waals surface area contributed by atoms with Gasteiger partial charge in [0.05, 0.1) is 0 Å². The maximum absolute atomic E-state index is 12.3. The Bertz CT molecular complexity index is 3150. The molecule has 0 saturated carbocycles. The number of aromatic hydroxyl groups is 1. The maximum atomic E-state index is 12.3. The van der Waals surface area contributed by atoms with Crippen molar-refractivity contribution in [1.82, 2.24) is 29.9 Å². The lowest BCUT2D eigenvalue weighted by Crippen LogP contribution is -2.21. The minimum atomic E-state index is -0.588. The van der Waals surface area contributed by atoms with Crippen LogP contribution in [0.5, 0.6) is 5.75 Å². The molecule has 336 valence electrons. The van der Waals surface area contributed by atoms with Crippen LogP contribution < -0.4 is 0 Å². The molecule has 69 heavy (non-hydrogen) atoms. The number of para-hydroxylation sites is 1. The average molecular weight is 897 g/mol. The smallest absolute Gasteiger partial charge is 0.164 e. The number of aromatic nitrogens is 6. The number of phenols is 1. The Balaban J connectivity index is 0.999. The van der Waals surface area contributed by atoms with Crippen molar-refractivity contribution in [1.29, 1.82) is 0 Å². The summed E-state index contributed by atoms with van der Waals surface area (Å²) in [5.74, 6) is 3.83. The molecule has 0 spiro atoms. The van der Waals surface area contributed by atoms with Crippen molar-refractivity contribution < 1.29 is 5.11 Å². The Morgan fingerprint density at radius 2 is 0.594 bits per heavy atom. The van der Waals surface area contributed by atoms with Crippen LogP contribution >= 0.6 is 0 Å². The van der Waals surface area contributed by atoms with Gasteiger partial charge < -0.3 is 5.11 Å². The second kappa shape index (κ2) is 18.3. The standard InChI is InChI=1S/C62H52N6O/c1-38-20-28-43(29-21-38)56-63-57(44-30-22-39(2)23-31-44)66-60(65-56)49-14-8-12-47(36-49)51-16-10-18-53(42(51)5)62(6,7)54-19-11-17-52(55(54)69)48-13-9-15-50(37-48)61-67-58(45-32-24-40(3)25-33-45)64-59(68-61)46-34-26-41(4)27-35-46/h8-37,69H,1-7H3. The molecule has 7 heteroatoms. The largest absolute Gasteiger partial charge is 0.507 e. The van der Waals surface area contributed by atoms with Gasteiger partial charge in [0.1, 0.15) is 5.75 Å². The first-order chi connectivity index (χ1) is 33.4. The number of nitrogens with zero attached hydrogens (tertiary/aromatic N) is 6. The molecule has 0 fully saturated rings. The van der Waals surface area contributed by atoms with Gasteiger partial charge in [0.2, 0.25) is 0 Å². The molecular weight excluding hydrogens is 845 g/mol. The van der Waals surface area contributed by atoms with Gasteiger partial charge in [-0.15, -0.1) is 0 Å². The molecule has 2 heterocycles. The Morgan fingerprint density at radius 1 is 0.304 bits per heavy atom. The van der Waals surface area contributed by atoms with Gasteiger partial charge in [0.15, 0.2) is 34.9 Å². The minimum Gasteiger partial charge on any atom is -0.507 e. The molecule has 0 aliphatic heterocycles. The Morgan fingerprint density at radius 3 is 0.971 bits per heavy atom. The molecule has 10 aromatic rings. The van der Waals surface area contributed by atoms with E-state index in [1.54, 1.807) is 0 Å². The van der Waals surface area contributed by atoms with E-state index in [0.29, 0.717) is 34.9 Å². The zero-order chi connectivity index (χ0) is 47.8. The summed E-state index contributed by atoms with van der Waals surface area (Å²) in [5.41, 5.74) is 16.2. The van der Waals surface area contributed by atoms with E-state index >= 15 is 0 Å². The van der Waals surface area contributed by atoms with E-state index in [1.165, 1.54) is 11.1 Å². The zero-order valence-corrected chi connectivity index (χ0v) is 40.0. The molecule has 7 nitrogen and oxygen atoms in total. The zero-order valence-electron chi connectivity index (χ0n) is 40.0. The topological polar surface area (TPSA) is 97.6 Å². The van der Waals surface area contributed by atoms with Crippen molar-refractivity contribution in [2.45, 2.75) is 53.9 Å². The third-order valence-corrected chi connectivity index (χ3v) is 13.1. The molecule has 1 N–H and O–H groups in total. The fourth-order valence-electron chi connectivity index (χ4n) is 9.04. The number of hydrogen-bond acceptors (Lipinski definition) is 7. The van der Waals surface area contributed by atoms with E-state index in [9.17, 15) is 5.11 Å². The summed E-state index contributed by atoms with van der Waals surface area (Å²) in [6, 6.07) is 62.0. The van der Waals surface area contributed by atoms with Gasteiger partial charge in [-0.25, -0.2) is 29.9 Å². The van der Waals surface area contributed by atoms with Crippen molar-refractivity contribution in [3.63, 3.8) is 0 Å². The lowest BCUT2D eigenvalue weighted by atomic mass is 9.74. The summed E-state index contributed by atoms with van der Waals surface area (Å²) >= 11 is 0. The Labute approximate surface area is 404 Å². The molecule has 8 aromatic carbocycles. The third kappa shape index (κ3) is 9.07. The fourth-order valence-corrected chi connectivity index (χ4v) is 9.04. The van der Waals surface area contributed by atoms with Crippen LogP contribution in [0.25, 0.3) is 90.6 Å². The Kier molecular flexibility index (Phi) is 11.8. The van der Waals surface area contributed by atoms with Crippen molar-refractivity contribution in [2.24, 2.45) is 0 Å². The predicted octanol–water partition coefficient (Wildman–Crippen LogP) is 15.0. The molecule has 0 amide bonds. The van der Waals surface area contributed by atoms with E-state index < -0.39 is 5.41 Å². The van der Waals surface area contributed by atoms with Crippen LogP contribution in [0.3, 0.4) is 0 Å². The summed E-state index contributed by atoms with van der Waals surface area (Å²) in [6.45, 7) is 14.8. The first-order valence-corrected chi connectivity index (χ1v) is 23.3. The van der Waals surface area contributed by atoms with E-state index in [2.05, 4.69) is 170 Å². The quantitative estimate of drug-likeness (QED) is 0.146. The van der Waals surface area contributed by atoms with Crippen LogP contribution in [0, 0.1) is 34.6 Å². The molecular formula is C62H52N6O. The second-order valence-electron chi connectivity index (χ2n) is 18.5. The third-order valence-electron chi connectivity index (χ3n) is 13.1. The molecule has 0 bridgehead atoms. The van der Waals surface area contributed by atoms with Crippen molar-refractivity contribution >= 4 is 0 Å². The summed E-state index contributed by atoms with van der Waals surface area (Å²) in [7, 11) is 0. The number of rotatable bonds is 10. The van der Waals surface area contributed by atoms with Crippen LogP contribution in [0.4, 0.5) is 0 Å². The highest BCUT2D eigenvalue weighted by Crippen LogP contribution is 2.45. The summed E-state index contributed by atoms with van der Waals surface area (Å²) in [6.07, 6.45) is 0. The summed E-state index contributed by atoms with van der Waals surface area (Å²) < 4.78 is 0. The van der Waals surface area contributed by atoms with Gasteiger partial charge in [0, 0.05) is 49.9 Å². The minimum absolute atomic E-state index is 0.228. The molecule has 0 unspecified atom stereocenters. The highest BCUT2D eigenvalue weighted by molar-refractivity contribution is 5.79. The Hall–Kier alpha value is -8.42. The van der Waals surface area contributed by atoms with Crippen molar-refractivity contribution in [3.8, 4) is 96.3 Å². The first-order valence-electron chi connectivity index (χ1n) is 23.3. The van der Waals surface area contributed by atoms with Gasteiger partial charge in [0.25, 0.3) is 0 Å². The molecule has 0 atom stereocenters. The highest BCUT2D eigenvalue weighted by atomic mass is 16.3. The maximum Gasteiger partial charge on any atom is 0.164 e. The average Bonchev–Trinajstić information content (AvgIpc) is 3.37. The van der Waals surface area contributed by atoms with Crippen molar-refractivity contribution in [3.05, 3.63) is 221 Å². The molecule has 0 aliphatic carbocycles. The first kappa shape index (κ1) is 44.4. The lowest BCUT2D eigenvalue weighted by molar-refractivity contribution is 0.455. The number of benzene rings is 8. The SMILES string of the molecule is Cc1ccc(-c2nc(-c3ccc(C)cc3)nc(-c3cccc(-c4cccc(C(C)(C)c5cccc(-c6cccc(-c7nc(-c8ccc(C)cc8)nc(-c8ccc(C)cc8)n7)c6)c5O)c4C)c3)n2)cc1. The molecule has 2 aromatic heterocycles. The fraction of sp³-hybridized carbons (Fsp3) is 0.129. The van der Waals surface area contributed by atoms with Crippen LogP contribution in [0.2, 0.25) is 0 Å². The monoisotopic (exact) mass is 896 g/mol. The second-order valence-corrected chi connectivity index (χ2v) is 18.5. The van der Waals surface area contributed by atoms with Crippen LogP contribution in [-0.4, -0.2) is 35.0 Å². The van der Waals surface area contributed by atoms with Crippen LogP contribution in [-0.2, 0) is 5.41 Å². The molecule has 0 radical (unpaired) electrons. The van der Waals surface area contributed by atoms with Gasteiger partial charge in [-0.3, -0.25) is 0 Å². The number of hydrogen-bond donors (Lipinski definition) is 1. The summed E-state index contributed by atoms with van der Waals surface area (Å²) in [5, 5.41) is 12.3. The van der Waals surface area contributed by atoms with E-state index in [4.69, 9.17) is 29.9 Å². The predicted molar refractivity (Wildman–Crippen MR) is 281 cm³/mol. The van der Waals surface area contributed by atoms with Gasteiger partial charge in [-0.1, -0.05) is 206 Å². The normalized spacial score (nSPS) is 11.5. The molecule has 0 saturated heterocycles. The number of aryl methyl sites for hydroxylation is 4. The van der Waals surface area contributed by atoms with E-state index in [0.717, 1.165) is 83.5 Å². The van der Waals surface area contributed by atoms with E-state index in [-0.39, 0.29) is 5.75 Å². The van der Waals surface area contributed by atoms with Crippen molar-refractivity contribution in [2.75, 3.05) is 0 Å². The molecule has 10 rings (SSSR count). The van der Waals surface area contributed by atoms with E-state index in [1.807, 2.05) is 60.7 Å². The van der Waals surface area contributed by atoms with Gasteiger partial charge in [-0.05, 0) is 74.6 Å². The van der Waals surface area contributed by atoms with Gasteiger partial charge in [-0.2, -0.15) is 0 Å². The number of phenolic OH excluding ortho intramolecular Hbond substituents is 1. The molecule has 0 aliphatic rings. The lowest BCUT2D eigenvalue weighted by Gasteiger charge is -2.30. The highest BCUT2D eigenvalue weighted by Gasteiger charge is 2.30. The van der Waals surface area contributed by atoms with Crippen LogP contribution in [0.1, 0.15) is 52.8 Å². The van der Waals surface area contributed by atoms with Gasteiger partial charge >= 0.3 is 0 Å².